The number of hydrogen-bond donors (Lipinski definition) is 0. The zero-order valence-electron chi connectivity index (χ0n) is 18.6. The molecule has 1 atom stereocenters. The molecule has 0 amide bonds. The van der Waals surface area contributed by atoms with Crippen molar-refractivity contribution in [2.24, 2.45) is 5.92 Å². The van der Waals surface area contributed by atoms with Crippen LogP contribution in [0.15, 0.2) is 48.5 Å². The van der Waals surface area contributed by atoms with Gasteiger partial charge in [-0.3, -0.25) is 4.79 Å². The molecular formula is C26H34N2O3. The van der Waals surface area contributed by atoms with E-state index < -0.39 is 0 Å². The third-order valence-electron chi connectivity index (χ3n) is 6.37. The molecule has 1 saturated heterocycles. The number of aryl methyl sites for hydroxylation is 2. The van der Waals surface area contributed by atoms with Crippen LogP contribution in [0.4, 0.5) is 11.4 Å². The molecule has 0 spiro atoms. The summed E-state index contributed by atoms with van der Waals surface area (Å²) in [5, 5.41) is 0. The molecule has 0 unspecified atom stereocenters. The lowest BCUT2D eigenvalue weighted by Gasteiger charge is -2.31. The summed E-state index contributed by atoms with van der Waals surface area (Å²) in [5.41, 5.74) is 5.39. The van der Waals surface area contributed by atoms with Crippen LogP contribution in [0.5, 0.6) is 0 Å². The molecule has 0 radical (unpaired) electrons. The summed E-state index contributed by atoms with van der Waals surface area (Å²) < 4.78 is 11.3. The first kappa shape index (κ1) is 21.8. The van der Waals surface area contributed by atoms with Crippen LogP contribution in [0.2, 0.25) is 0 Å². The summed E-state index contributed by atoms with van der Waals surface area (Å²) in [4.78, 5) is 16.8. The second kappa shape index (κ2) is 10.8. The Morgan fingerprint density at radius 1 is 0.968 bits per heavy atom. The molecule has 0 bridgehead atoms. The Morgan fingerprint density at radius 3 is 2.29 bits per heavy atom. The number of fused-ring (bicyclic) bond motifs is 2. The molecule has 5 nitrogen and oxygen atoms in total. The fourth-order valence-corrected chi connectivity index (χ4v) is 4.77. The van der Waals surface area contributed by atoms with E-state index in [1.165, 1.54) is 22.5 Å². The van der Waals surface area contributed by atoms with Crippen molar-refractivity contribution in [1.29, 1.82) is 0 Å². The summed E-state index contributed by atoms with van der Waals surface area (Å²) in [6.07, 6.45) is 4.12. The number of rotatable bonds is 8. The number of carbonyl (C=O) groups excluding carboxylic acids is 1. The molecule has 2 aromatic carbocycles. The van der Waals surface area contributed by atoms with E-state index in [-0.39, 0.29) is 11.9 Å². The van der Waals surface area contributed by atoms with E-state index in [1.807, 2.05) is 6.92 Å². The second-order valence-electron chi connectivity index (χ2n) is 8.41. The lowest BCUT2D eigenvalue weighted by Crippen LogP contribution is -2.41. The molecule has 5 heteroatoms. The van der Waals surface area contributed by atoms with Crippen molar-refractivity contribution < 1.29 is 14.3 Å². The highest BCUT2D eigenvalue weighted by Gasteiger charge is 2.26. The fourth-order valence-electron chi connectivity index (χ4n) is 4.77. The zero-order valence-corrected chi connectivity index (χ0v) is 18.6. The van der Waals surface area contributed by atoms with Crippen molar-refractivity contribution in [3.05, 3.63) is 59.7 Å². The highest BCUT2D eigenvalue weighted by atomic mass is 16.5. The van der Waals surface area contributed by atoms with E-state index in [1.54, 1.807) is 0 Å². The lowest BCUT2D eigenvalue weighted by atomic mass is 9.98. The number of anilines is 2. The van der Waals surface area contributed by atoms with E-state index in [9.17, 15) is 4.79 Å². The number of hydrogen-bond acceptors (Lipinski definition) is 5. The maximum Gasteiger partial charge on any atom is 0.310 e. The molecule has 2 heterocycles. The first-order chi connectivity index (χ1) is 15.3. The highest BCUT2D eigenvalue weighted by Crippen LogP contribution is 2.35. The summed E-state index contributed by atoms with van der Waals surface area (Å²) >= 11 is 0. The highest BCUT2D eigenvalue weighted by molar-refractivity contribution is 5.73. The SMILES string of the molecule is CCOC(=O)[C@@H]1CCCN(CCOCCN2c3ccccc3CCc3ccccc32)C1. The van der Waals surface area contributed by atoms with Crippen molar-refractivity contribution in [1.82, 2.24) is 4.90 Å². The fraction of sp³-hybridized carbons (Fsp3) is 0.500. The van der Waals surface area contributed by atoms with Crippen molar-refractivity contribution in [3.8, 4) is 0 Å². The molecule has 2 aliphatic heterocycles. The van der Waals surface area contributed by atoms with Crippen molar-refractivity contribution in [2.75, 3.05) is 50.9 Å². The Bertz CT molecular complexity index is 822. The Balaban J connectivity index is 1.30. The topological polar surface area (TPSA) is 42.0 Å². The Kier molecular flexibility index (Phi) is 7.60. The van der Waals surface area contributed by atoms with Crippen molar-refractivity contribution in [3.63, 3.8) is 0 Å². The molecule has 0 saturated carbocycles. The molecule has 31 heavy (non-hydrogen) atoms. The minimum Gasteiger partial charge on any atom is -0.466 e. The van der Waals surface area contributed by atoms with E-state index in [0.717, 1.165) is 51.9 Å². The van der Waals surface area contributed by atoms with E-state index in [4.69, 9.17) is 9.47 Å². The summed E-state index contributed by atoms with van der Waals surface area (Å²) in [5.74, 6) is -0.0367. The molecule has 0 aliphatic carbocycles. The molecule has 166 valence electrons. The van der Waals surface area contributed by atoms with Gasteiger partial charge in [-0.1, -0.05) is 36.4 Å². The van der Waals surface area contributed by atoms with Gasteiger partial charge in [0.05, 0.1) is 25.7 Å². The van der Waals surface area contributed by atoms with Crippen LogP contribution in [-0.2, 0) is 27.1 Å². The number of piperidine rings is 1. The second-order valence-corrected chi connectivity index (χ2v) is 8.41. The third kappa shape index (κ3) is 5.46. The number of ether oxygens (including phenoxy) is 2. The minimum absolute atomic E-state index is 0.0128. The van der Waals surface area contributed by atoms with Gasteiger partial charge in [0, 0.05) is 31.0 Å². The number of para-hydroxylation sites is 2. The molecular weight excluding hydrogens is 388 g/mol. The van der Waals surface area contributed by atoms with Crippen LogP contribution in [0.1, 0.15) is 30.9 Å². The van der Waals surface area contributed by atoms with E-state index >= 15 is 0 Å². The van der Waals surface area contributed by atoms with Crippen LogP contribution in [0.25, 0.3) is 0 Å². The van der Waals surface area contributed by atoms with Gasteiger partial charge in [-0.2, -0.15) is 0 Å². The monoisotopic (exact) mass is 422 g/mol. The number of likely N-dealkylation sites (tertiary alicyclic amines) is 1. The van der Waals surface area contributed by atoms with Crippen LogP contribution in [-0.4, -0.2) is 56.9 Å². The van der Waals surface area contributed by atoms with Gasteiger partial charge in [0.1, 0.15) is 0 Å². The zero-order chi connectivity index (χ0) is 21.5. The van der Waals surface area contributed by atoms with Gasteiger partial charge in [0.15, 0.2) is 0 Å². The van der Waals surface area contributed by atoms with Gasteiger partial charge in [-0.15, -0.1) is 0 Å². The first-order valence-electron chi connectivity index (χ1n) is 11.7. The van der Waals surface area contributed by atoms with Crippen LogP contribution >= 0.6 is 0 Å². The minimum atomic E-state index is -0.0494. The molecule has 0 N–H and O–H groups in total. The standard InChI is InChI=1S/C26H34N2O3/c1-2-31-26(29)23-10-7-15-27(20-23)16-18-30-19-17-28-24-11-5-3-8-21(24)13-14-22-9-4-6-12-25(22)28/h3-6,8-9,11-12,23H,2,7,10,13-20H2,1H3/t23-/m1/s1. The van der Waals surface area contributed by atoms with Crippen molar-refractivity contribution >= 4 is 17.3 Å². The van der Waals surface area contributed by atoms with E-state index in [0.29, 0.717) is 19.8 Å². The maximum absolute atomic E-state index is 12.0. The van der Waals surface area contributed by atoms with Crippen LogP contribution in [0.3, 0.4) is 0 Å². The lowest BCUT2D eigenvalue weighted by molar-refractivity contribution is -0.150. The van der Waals surface area contributed by atoms with Gasteiger partial charge in [0.2, 0.25) is 0 Å². The van der Waals surface area contributed by atoms with Gasteiger partial charge in [0.25, 0.3) is 0 Å². The smallest absolute Gasteiger partial charge is 0.310 e. The van der Waals surface area contributed by atoms with E-state index in [2.05, 4.69) is 58.3 Å². The molecule has 2 aliphatic rings. The normalized spacial score (nSPS) is 18.7. The average molecular weight is 423 g/mol. The Morgan fingerprint density at radius 2 is 1.61 bits per heavy atom. The van der Waals surface area contributed by atoms with Gasteiger partial charge < -0.3 is 19.3 Å². The number of benzene rings is 2. The van der Waals surface area contributed by atoms with Gasteiger partial charge >= 0.3 is 5.97 Å². The number of esters is 1. The summed E-state index contributed by atoms with van der Waals surface area (Å²) in [7, 11) is 0. The molecule has 2 aromatic rings. The largest absolute Gasteiger partial charge is 0.466 e. The molecule has 1 fully saturated rings. The average Bonchev–Trinajstić information content (AvgIpc) is 2.96. The molecule has 0 aromatic heterocycles. The molecule has 4 rings (SSSR count). The third-order valence-corrected chi connectivity index (χ3v) is 6.37. The predicted molar refractivity (Wildman–Crippen MR) is 124 cm³/mol. The van der Waals surface area contributed by atoms with Crippen LogP contribution in [0, 0.1) is 5.92 Å². The quantitative estimate of drug-likeness (QED) is 0.471. The Labute approximate surface area is 185 Å². The van der Waals surface area contributed by atoms with Gasteiger partial charge in [-0.25, -0.2) is 0 Å². The summed E-state index contributed by atoms with van der Waals surface area (Å²) in [6, 6.07) is 17.4. The van der Waals surface area contributed by atoms with Crippen LogP contribution < -0.4 is 4.90 Å². The van der Waals surface area contributed by atoms with Crippen molar-refractivity contribution in [2.45, 2.75) is 32.6 Å². The Hall–Kier alpha value is -2.37. The predicted octanol–water partition coefficient (Wildman–Crippen LogP) is 4.22. The van der Waals surface area contributed by atoms with Gasteiger partial charge in [-0.05, 0) is 62.4 Å². The number of carbonyl (C=O) groups is 1. The first-order valence-corrected chi connectivity index (χ1v) is 11.7. The maximum atomic E-state index is 12.0. The summed E-state index contributed by atoms with van der Waals surface area (Å²) in [6.45, 7) is 7.21. The number of nitrogens with zero attached hydrogens (tertiary/aromatic N) is 2.